The van der Waals surface area contributed by atoms with E-state index < -0.39 is 0 Å². The number of nitrogens with zero attached hydrogens (tertiary/aromatic N) is 1. The van der Waals surface area contributed by atoms with Crippen molar-refractivity contribution in [2.45, 2.75) is 25.3 Å². The van der Waals surface area contributed by atoms with Gasteiger partial charge in [-0.3, -0.25) is 9.59 Å². The van der Waals surface area contributed by atoms with Gasteiger partial charge >= 0.3 is 0 Å². The summed E-state index contributed by atoms with van der Waals surface area (Å²) in [5, 5.41) is 7.03. The Kier molecular flexibility index (Phi) is 7.77. The lowest BCUT2D eigenvalue weighted by molar-refractivity contribution is -0.113. The van der Waals surface area contributed by atoms with Crippen molar-refractivity contribution in [3.63, 3.8) is 0 Å². The number of fused-ring (bicyclic) bond motifs is 1. The van der Waals surface area contributed by atoms with Gasteiger partial charge in [-0.15, -0.1) is 11.8 Å². The van der Waals surface area contributed by atoms with Gasteiger partial charge in [0.1, 0.15) is 5.75 Å². The lowest BCUT2D eigenvalue weighted by atomic mass is 10.1. The number of amides is 2. The first-order chi connectivity index (χ1) is 16.9. The number of ether oxygens (including phenoxy) is 1. The van der Waals surface area contributed by atoms with Gasteiger partial charge in [0.25, 0.3) is 5.91 Å². The average Bonchev–Trinajstić information content (AvgIpc) is 3.22. The highest BCUT2D eigenvalue weighted by atomic mass is 32.2. The summed E-state index contributed by atoms with van der Waals surface area (Å²) in [5.74, 6) is 0.895. The summed E-state index contributed by atoms with van der Waals surface area (Å²) >= 11 is 1.50. The van der Waals surface area contributed by atoms with Crippen molar-refractivity contribution in [1.82, 2.24) is 9.88 Å². The van der Waals surface area contributed by atoms with E-state index in [1.54, 1.807) is 7.11 Å². The maximum Gasteiger partial charge on any atom is 0.251 e. The number of hydrogen-bond donors (Lipinski definition) is 2. The highest BCUT2D eigenvalue weighted by Gasteiger charge is 2.12. The molecule has 0 saturated heterocycles. The van der Waals surface area contributed by atoms with Crippen molar-refractivity contribution in [2.75, 3.05) is 24.7 Å². The topological polar surface area (TPSA) is 72.4 Å². The number of para-hydroxylation sites is 1. The van der Waals surface area contributed by atoms with Crippen LogP contribution in [0.4, 0.5) is 5.69 Å². The molecule has 0 saturated carbocycles. The zero-order valence-corrected chi connectivity index (χ0v) is 20.9. The Morgan fingerprint density at radius 3 is 2.49 bits per heavy atom. The number of rotatable bonds is 9. The molecule has 0 aliphatic rings. The van der Waals surface area contributed by atoms with Gasteiger partial charge in [-0.1, -0.05) is 24.3 Å². The van der Waals surface area contributed by atoms with Gasteiger partial charge in [0.15, 0.2) is 0 Å². The molecule has 0 aliphatic heterocycles. The van der Waals surface area contributed by atoms with Gasteiger partial charge in [-0.25, -0.2) is 0 Å². The Morgan fingerprint density at radius 2 is 1.74 bits per heavy atom. The average molecular weight is 488 g/mol. The molecule has 4 aromatic rings. The van der Waals surface area contributed by atoms with Crippen LogP contribution in [0, 0.1) is 13.8 Å². The highest BCUT2D eigenvalue weighted by Crippen LogP contribution is 2.30. The molecule has 6 nitrogen and oxygen atoms in total. The van der Waals surface area contributed by atoms with Crippen molar-refractivity contribution in [1.29, 1.82) is 0 Å². The Morgan fingerprint density at radius 1 is 0.971 bits per heavy atom. The van der Waals surface area contributed by atoms with Crippen LogP contribution in [-0.4, -0.2) is 35.8 Å². The second kappa shape index (κ2) is 11.1. The van der Waals surface area contributed by atoms with Gasteiger partial charge in [-0.05, 0) is 67.4 Å². The largest absolute Gasteiger partial charge is 0.497 e. The van der Waals surface area contributed by atoms with Crippen LogP contribution in [0.25, 0.3) is 10.9 Å². The van der Waals surface area contributed by atoms with E-state index >= 15 is 0 Å². The van der Waals surface area contributed by atoms with Crippen molar-refractivity contribution in [3.8, 4) is 5.75 Å². The van der Waals surface area contributed by atoms with Crippen LogP contribution in [0.2, 0.25) is 0 Å². The second-order valence-electron chi connectivity index (χ2n) is 8.32. The summed E-state index contributed by atoms with van der Waals surface area (Å²) < 4.78 is 7.28. The standard InChI is InChI=1S/C28H29N3O3S/c1-19-8-9-21(16-20(19)2)28(33)29-14-15-31-17-26(24-6-4-5-7-25(24)31)35-18-27(32)30-22-10-12-23(34-3)13-11-22/h4-13,16-17H,14-15,18H2,1-3H3,(H,29,33)(H,30,32). The normalized spacial score (nSPS) is 10.8. The Balaban J connectivity index is 1.37. The zero-order chi connectivity index (χ0) is 24.8. The van der Waals surface area contributed by atoms with Crippen LogP contribution in [0.3, 0.4) is 0 Å². The Hall–Kier alpha value is -3.71. The molecule has 2 N–H and O–H groups in total. The predicted molar refractivity (Wildman–Crippen MR) is 143 cm³/mol. The smallest absolute Gasteiger partial charge is 0.251 e. The van der Waals surface area contributed by atoms with E-state index in [1.807, 2.05) is 68.4 Å². The molecule has 4 rings (SSSR count). The number of methoxy groups -OCH3 is 1. The van der Waals surface area contributed by atoms with Crippen molar-refractivity contribution in [3.05, 3.63) is 89.6 Å². The molecule has 0 unspecified atom stereocenters. The molecule has 0 bridgehead atoms. The minimum absolute atomic E-state index is 0.0716. The van der Waals surface area contributed by atoms with Crippen LogP contribution in [0.15, 0.2) is 77.8 Å². The van der Waals surface area contributed by atoms with Gasteiger partial charge in [-0.2, -0.15) is 0 Å². The molecular weight excluding hydrogens is 458 g/mol. The molecule has 0 radical (unpaired) electrons. The van der Waals surface area contributed by atoms with E-state index in [0.29, 0.717) is 24.4 Å². The first-order valence-corrected chi connectivity index (χ1v) is 12.4. The minimum Gasteiger partial charge on any atom is -0.497 e. The molecule has 3 aromatic carbocycles. The molecular formula is C28H29N3O3S. The van der Waals surface area contributed by atoms with Gasteiger partial charge in [0.2, 0.25) is 5.91 Å². The van der Waals surface area contributed by atoms with Crippen LogP contribution < -0.4 is 15.4 Å². The number of anilines is 1. The van der Waals surface area contributed by atoms with Crippen molar-refractivity contribution < 1.29 is 14.3 Å². The molecule has 1 aromatic heterocycles. The first kappa shape index (κ1) is 24.4. The van der Waals surface area contributed by atoms with Crippen molar-refractivity contribution in [2.24, 2.45) is 0 Å². The van der Waals surface area contributed by atoms with Crippen LogP contribution in [0.5, 0.6) is 5.75 Å². The van der Waals surface area contributed by atoms with Crippen LogP contribution in [0.1, 0.15) is 21.5 Å². The maximum atomic E-state index is 12.6. The molecule has 180 valence electrons. The fourth-order valence-electron chi connectivity index (χ4n) is 3.80. The summed E-state index contributed by atoms with van der Waals surface area (Å²) in [6.07, 6.45) is 2.05. The number of carbonyl (C=O) groups excluding carboxylic acids is 2. The fraction of sp³-hybridized carbons (Fsp3) is 0.214. The van der Waals surface area contributed by atoms with Crippen LogP contribution in [-0.2, 0) is 11.3 Å². The molecule has 7 heteroatoms. The molecule has 0 fully saturated rings. The van der Waals surface area contributed by atoms with Gasteiger partial charge < -0.3 is 19.9 Å². The van der Waals surface area contributed by atoms with Gasteiger partial charge in [0, 0.05) is 46.3 Å². The molecule has 2 amide bonds. The maximum absolute atomic E-state index is 12.6. The third-order valence-corrected chi connectivity index (χ3v) is 6.93. The predicted octanol–water partition coefficient (Wildman–Crippen LogP) is 5.43. The quantitative estimate of drug-likeness (QED) is 0.309. The lowest BCUT2D eigenvalue weighted by Gasteiger charge is -2.09. The summed E-state index contributed by atoms with van der Waals surface area (Å²) in [6, 6.07) is 21.1. The zero-order valence-electron chi connectivity index (χ0n) is 20.1. The van der Waals surface area contributed by atoms with Crippen molar-refractivity contribution >= 4 is 40.2 Å². The number of thioether (sulfide) groups is 1. The summed E-state index contributed by atoms with van der Waals surface area (Å²) in [7, 11) is 1.61. The monoisotopic (exact) mass is 487 g/mol. The summed E-state index contributed by atoms with van der Waals surface area (Å²) in [6.45, 7) is 5.18. The molecule has 35 heavy (non-hydrogen) atoms. The van der Waals surface area contributed by atoms with Gasteiger partial charge in [0.05, 0.1) is 12.9 Å². The molecule has 0 atom stereocenters. The summed E-state index contributed by atoms with van der Waals surface area (Å²) in [4.78, 5) is 26.1. The summed E-state index contributed by atoms with van der Waals surface area (Å²) in [5.41, 5.74) is 4.75. The van der Waals surface area contributed by atoms with E-state index in [9.17, 15) is 9.59 Å². The molecule has 0 spiro atoms. The lowest BCUT2D eigenvalue weighted by Crippen LogP contribution is -2.27. The number of aromatic nitrogens is 1. The van der Waals surface area contributed by atoms with E-state index in [1.165, 1.54) is 17.3 Å². The first-order valence-electron chi connectivity index (χ1n) is 11.4. The van der Waals surface area contributed by atoms with E-state index in [2.05, 4.69) is 33.5 Å². The number of aryl methyl sites for hydroxylation is 2. The third-order valence-electron chi connectivity index (χ3n) is 5.89. The number of nitrogens with one attached hydrogen (secondary N) is 2. The minimum atomic E-state index is -0.0747. The third kappa shape index (κ3) is 6.05. The Bertz CT molecular complexity index is 1350. The SMILES string of the molecule is COc1ccc(NC(=O)CSc2cn(CCNC(=O)c3ccc(C)c(C)c3)c3ccccc23)cc1. The van der Waals surface area contributed by atoms with E-state index in [4.69, 9.17) is 4.74 Å². The van der Waals surface area contributed by atoms with E-state index in [0.717, 1.165) is 32.8 Å². The number of hydrogen-bond acceptors (Lipinski definition) is 4. The highest BCUT2D eigenvalue weighted by molar-refractivity contribution is 8.00. The fourth-order valence-corrected chi connectivity index (χ4v) is 4.69. The molecule has 1 heterocycles. The Labute approximate surface area is 209 Å². The second-order valence-corrected chi connectivity index (χ2v) is 9.34. The number of carbonyl (C=O) groups is 2. The van der Waals surface area contributed by atoms with Crippen LogP contribution >= 0.6 is 11.8 Å². The van der Waals surface area contributed by atoms with E-state index in [-0.39, 0.29) is 11.8 Å². The molecule has 0 aliphatic carbocycles. The number of benzene rings is 3.